The molecule has 1 aliphatic heterocycles. The number of carbonyl (C=O) groups excluding carboxylic acids is 1. The van der Waals surface area contributed by atoms with E-state index in [4.69, 9.17) is 4.74 Å². The zero-order valence-electron chi connectivity index (χ0n) is 13.0. The average Bonchev–Trinajstić information content (AvgIpc) is 2.55. The molecule has 22 heavy (non-hydrogen) atoms. The summed E-state index contributed by atoms with van der Waals surface area (Å²) in [5.41, 5.74) is 0.655. The number of amidine groups is 1. The van der Waals surface area contributed by atoms with Gasteiger partial charge in [0.15, 0.2) is 5.78 Å². The summed E-state index contributed by atoms with van der Waals surface area (Å²) in [6, 6.07) is 11.7. The summed E-state index contributed by atoms with van der Waals surface area (Å²) in [5.74, 6) is 1.55. The third-order valence-electron chi connectivity index (χ3n) is 4.09. The Labute approximate surface area is 130 Å². The second kappa shape index (κ2) is 6.18. The summed E-state index contributed by atoms with van der Waals surface area (Å²) in [4.78, 5) is 19.4. The fourth-order valence-electron chi connectivity index (χ4n) is 2.90. The summed E-state index contributed by atoms with van der Waals surface area (Å²) in [7, 11) is 3.59. The number of benzene rings is 2. The lowest BCUT2D eigenvalue weighted by Gasteiger charge is -2.25. The molecule has 1 heterocycles. The van der Waals surface area contributed by atoms with E-state index >= 15 is 0 Å². The van der Waals surface area contributed by atoms with Gasteiger partial charge in [-0.3, -0.25) is 9.79 Å². The summed E-state index contributed by atoms with van der Waals surface area (Å²) in [5, 5.41) is 1.98. The number of ether oxygens (including phenoxy) is 1. The SMILES string of the molecule is COc1ccc2ccccc2c1C(=O)CC1=NCCCN1C. The van der Waals surface area contributed by atoms with Crippen LogP contribution in [0.3, 0.4) is 0 Å². The van der Waals surface area contributed by atoms with E-state index in [0.29, 0.717) is 17.7 Å². The highest BCUT2D eigenvalue weighted by Crippen LogP contribution is 2.29. The Morgan fingerprint density at radius 2 is 2.09 bits per heavy atom. The number of fused-ring (bicyclic) bond motifs is 1. The first kappa shape index (κ1) is 14.6. The number of Topliss-reactive ketones (excluding diaryl/α,β-unsaturated/α-hetero) is 1. The zero-order chi connectivity index (χ0) is 15.5. The maximum absolute atomic E-state index is 12.9. The van der Waals surface area contributed by atoms with Gasteiger partial charge in [0, 0.05) is 20.1 Å². The Morgan fingerprint density at radius 3 is 2.86 bits per heavy atom. The van der Waals surface area contributed by atoms with Gasteiger partial charge in [-0.15, -0.1) is 0 Å². The highest BCUT2D eigenvalue weighted by Gasteiger charge is 2.20. The number of rotatable bonds is 4. The van der Waals surface area contributed by atoms with Crippen molar-refractivity contribution in [2.45, 2.75) is 12.8 Å². The minimum atomic E-state index is 0.0566. The van der Waals surface area contributed by atoms with E-state index in [1.165, 1.54) is 0 Å². The van der Waals surface area contributed by atoms with Crippen LogP contribution in [-0.4, -0.2) is 43.8 Å². The molecule has 0 amide bonds. The van der Waals surface area contributed by atoms with Gasteiger partial charge in [0.1, 0.15) is 11.6 Å². The van der Waals surface area contributed by atoms with E-state index in [1.54, 1.807) is 7.11 Å². The van der Waals surface area contributed by atoms with Crippen molar-refractivity contribution in [2.24, 2.45) is 4.99 Å². The van der Waals surface area contributed by atoms with E-state index in [-0.39, 0.29) is 5.78 Å². The minimum Gasteiger partial charge on any atom is -0.496 e. The molecule has 3 rings (SSSR count). The Hall–Kier alpha value is -2.36. The van der Waals surface area contributed by atoms with E-state index in [9.17, 15) is 4.79 Å². The third-order valence-corrected chi connectivity index (χ3v) is 4.09. The van der Waals surface area contributed by atoms with Crippen LogP contribution >= 0.6 is 0 Å². The molecule has 4 nitrogen and oxygen atoms in total. The third kappa shape index (κ3) is 2.69. The number of ketones is 1. The van der Waals surface area contributed by atoms with Gasteiger partial charge in [-0.1, -0.05) is 30.3 Å². The maximum atomic E-state index is 12.9. The zero-order valence-corrected chi connectivity index (χ0v) is 13.0. The lowest BCUT2D eigenvalue weighted by molar-refractivity contribution is 0.0996. The van der Waals surface area contributed by atoms with Gasteiger partial charge in [0.2, 0.25) is 0 Å². The topological polar surface area (TPSA) is 41.9 Å². The van der Waals surface area contributed by atoms with Crippen LogP contribution in [0.5, 0.6) is 5.75 Å². The monoisotopic (exact) mass is 296 g/mol. The molecule has 0 saturated carbocycles. The summed E-state index contributed by atoms with van der Waals surface area (Å²) in [6.07, 6.45) is 1.37. The molecule has 0 fully saturated rings. The van der Waals surface area contributed by atoms with E-state index < -0.39 is 0 Å². The predicted octanol–water partition coefficient (Wildman–Crippen LogP) is 3.16. The number of carbonyl (C=O) groups is 1. The molecule has 0 aliphatic carbocycles. The summed E-state index contributed by atoms with van der Waals surface area (Å²) >= 11 is 0. The second-order valence-corrected chi connectivity index (χ2v) is 5.54. The van der Waals surface area contributed by atoms with E-state index in [1.807, 2.05) is 43.4 Å². The average molecular weight is 296 g/mol. The van der Waals surface area contributed by atoms with Crippen LogP contribution in [0.25, 0.3) is 10.8 Å². The van der Waals surface area contributed by atoms with Gasteiger partial charge < -0.3 is 9.64 Å². The standard InChI is InChI=1S/C18H20N2O2/c1-20-11-5-10-19-17(20)12-15(21)18-14-7-4-3-6-13(14)8-9-16(18)22-2/h3-4,6-9H,5,10-12H2,1-2H3. The van der Waals surface area contributed by atoms with E-state index in [0.717, 1.165) is 36.1 Å². The van der Waals surface area contributed by atoms with Crippen LogP contribution in [-0.2, 0) is 0 Å². The highest BCUT2D eigenvalue weighted by atomic mass is 16.5. The van der Waals surface area contributed by atoms with Crippen molar-refractivity contribution in [3.05, 3.63) is 42.0 Å². The van der Waals surface area contributed by atoms with E-state index in [2.05, 4.69) is 9.89 Å². The normalized spacial score (nSPS) is 14.8. The lowest BCUT2D eigenvalue weighted by Crippen LogP contribution is -2.33. The fourth-order valence-corrected chi connectivity index (χ4v) is 2.90. The molecule has 0 aromatic heterocycles. The molecular formula is C18H20N2O2. The Bertz CT molecular complexity index is 737. The molecule has 114 valence electrons. The molecule has 2 aromatic rings. The van der Waals surface area contributed by atoms with Gasteiger partial charge in [-0.25, -0.2) is 0 Å². The molecule has 4 heteroatoms. The largest absolute Gasteiger partial charge is 0.496 e. The minimum absolute atomic E-state index is 0.0566. The number of nitrogens with zero attached hydrogens (tertiary/aromatic N) is 2. The van der Waals surface area contributed by atoms with Crippen molar-refractivity contribution in [1.82, 2.24) is 4.90 Å². The molecule has 2 aromatic carbocycles. The van der Waals surface area contributed by atoms with Crippen LogP contribution in [0.2, 0.25) is 0 Å². The number of aliphatic imine (C=N–C) groups is 1. The summed E-state index contributed by atoms with van der Waals surface area (Å²) < 4.78 is 5.42. The van der Waals surface area contributed by atoms with Gasteiger partial charge in [-0.05, 0) is 23.3 Å². The van der Waals surface area contributed by atoms with Gasteiger partial charge in [-0.2, -0.15) is 0 Å². The molecule has 0 atom stereocenters. The first-order chi connectivity index (χ1) is 10.7. The van der Waals surface area contributed by atoms with Crippen molar-refractivity contribution in [2.75, 3.05) is 27.2 Å². The molecule has 0 saturated heterocycles. The molecule has 0 unspecified atom stereocenters. The Kier molecular flexibility index (Phi) is 4.09. The van der Waals surface area contributed by atoms with Crippen molar-refractivity contribution in [3.63, 3.8) is 0 Å². The number of methoxy groups -OCH3 is 1. The first-order valence-corrected chi connectivity index (χ1v) is 7.54. The second-order valence-electron chi connectivity index (χ2n) is 5.54. The maximum Gasteiger partial charge on any atom is 0.174 e. The van der Waals surface area contributed by atoms with Crippen LogP contribution in [0.15, 0.2) is 41.4 Å². The number of hydrogen-bond acceptors (Lipinski definition) is 4. The molecule has 0 radical (unpaired) electrons. The molecule has 0 spiro atoms. The molecule has 0 bridgehead atoms. The van der Waals surface area contributed by atoms with Crippen LogP contribution in [0.1, 0.15) is 23.2 Å². The highest BCUT2D eigenvalue weighted by molar-refractivity contribution is 6.16. The first-order valence-electron chi connectivity index (χ1n) is 7.54. The molecule has 0 N–H and O–H groups in total. The molecular weight excluding hydrogens is 276 g/mol. The van der Waals surface area contributed by atoms with Crippen LogP contribution in [0.4, 0.5) is 0 Å². The van der Waals surface area contributed by atoms with Gasteiger partial charge in [0.25, 0.3) is 0 Å². The van der Waals surface area contributed by atoms with Gasteiger partial charge >= 0.3 is 0 Å². The number of hydrogen-bond donors (Lipinski definition) is 0. The smallest absolute Gasteiger partial charge is 0.174 e. The van der Waals surface area contributed by atoms with Crippen molar-refractivity contribution in [1.29, 1.82) is 0 Å². The fraction of sp³-hybridized carbons (Fsp3) is 0.333. The Balaban J connectivity index is 2.01. The van der Waals surface area contributed by atoms with Crippen LogP contribution in [0, 0.1) is 0 Å². The lowest BCUT2D eigenvalue weighted by atomic mass is 9.98. The van der Waals surface area contributed by atoms with Crippen molar-refractivity contribution >= 4 is 22.4 Å². The van der Waals surface area contributed by atoms with Crippen LogP contribution < -0.4 is 4.74 Å². The predicted molar refractivity (Wildman–Crippen MR) is 89.0 cm³/mol. The van der Waals surface area contributed by atoms with Crippen molar-refractivity contribution < 1.29 is 9.53 Å². The summed E-state index contributed by atoms with van der Waals surface area (Å²) in [6.45, 7) is 1.76. The van der Waals surface area contributed by atoms with Crippen molar-refractivity contribution in [3.8, 4) is 5.75 Å². The van der Waals surface area contributed by atoms with Gasteiger partial charge in [0.05, 0.1) is 19.1 Å². The Morgan fingerprint density at radius 1 is 1.27 bits per heavy atom. The quantitative estimate of drug-likeness (QED) is 0.814. The molecule has 1 aliphatic rings.